The number of nitrogens with zero attached hydrogens (tertiary/aromatic N) is 1. The molecule has 0 spiro atoms. The Labute approximate surface area is 200 Å². The number of thiophene rings is 1. The number of amides is 1. The summed E-state index contributed by atoms with van der Waals surface area (Å²) in [6.07, 6.45) is 2.01. The van der Waals surface area contributed by atoms with Gasteiger partial charge in [-0.05, 0) is 60.9 Å². The van der Waals surface area contributed by atoms with E-state index in [1.807, 2.05) is 36.6 Å². The molecule has 1 aromatic heterocycles. The van der Waals surface area contributed by atoms with E-state index in [2.05, 4.69) is 36.5 Å². The largest absolute Gasteiger partial charge is 0.344 e. The van der Waals surface area contributed by atoms with E-state index in [1.54, 1.807) is 23.5 Å². The van der Waals surface area contributed by atoms with E-state index in [4.69, 9.17) is 0 Å². The zero-order valence-corrected chi connectivity index (χ0v) is 20.7. The second kappa shape index (κ2) is 10.2. The molecule has 0 radical (unpaired) electrons. The van der Waals surface area contributed by atoms with Gasteiger partial charge in [-0.3, -0.25) is 4.79 Å². The summed E-state index contributed by atoms with van der Waals surface area (Å²) in [4.78, 5) is 14.6. The average Bonchev–Trinajstić information content (AvgIpc) is 3.37. The topological polar surface area (TPSA) is 66.5 Å². The number of nitrogens with one attached hydrogen (secondary N) is 1. The van der Waals surface area contributed by atoms with E-state index in [1.165, 1.54) is 9.87 Å². The van der Waals surface area contributed by atoms with Crippen molar-refractivity contribution in [3.63, 3.8) is 0 Å². The first-order valence-corrected chi connectivity index (χ1v) is 13.7. The third kappa shape index (κ3) is 5.37. The molecular formula is C26H30N2O3S2. The lowest BCUT2D eigenvalue weighted by molar-refractivity contribution is -0.126. The van der Waals surface area contributed by atoms with E-state index in [0.717, 1.165) is 22.4 Å². The van der Waals surface area contributed by atoms with Crippen molar-refractivity contribution in [1.82, 2.24) is 9.62 Å². The molecule has 5 nitrogen and oxygen atoms in total. The highest BCUT2D eigenvalue weighted by molar-refractivity contribution is 7.89. The molecule has 174 valence electrons. The Morgan fingerprint density at radius 1 is 1.06 bits per heavy atom. The van der Waals surface area contributed by atoms with Gasteiger partial charge in [-0.15, -0.1) is 11.3 Å². The monoisotopic (exact) mass is 482 g/mol. The fourth-order valence-electron chi connectivity index (χ4n) is 4.20. The van der Waals surface area contributed by atoms with Crippen LogP contribution in [0.15, 0.2) is 70.9 Å². The van der Waals surface area contributed by atoms with Crippen LogP contribution in [0.5, 0.6) is 0 Å². The fourth-order valence-corrected chi connectivity index (χ4v) is 6.47. The number of carbonyl (C=O) groups is 1. The predicted octanol–water partition coefficient (Wildman–Crippen LogP) is 4.93. The zero-order chi connectivity index (χ0) is 23.4. The Bertz CT molecular complexity index is 1160. The van der Waals surface area contributed by atoms with Crippen molar-refractivity contribution in [2.24, 2.45) is 5.92 Å². The van der Waals surface area contributed by atoms with E-state index in [9.17, 15) is 13.2 Å². The van der Waals surface area contributed by atoms with Gasteiger partial charge in [-0.2, -0.15) is 4.31 Å². The van der Waals surface area contributed by atoms with Gasteiger partial charge in [0.1, 0.15) is 0 Å². The average molecular weight is 483 g/mol. The molecule has 0 saturated carbocycles. The summed E-state index contributed by atoms with van der Waals surface area (Å²) >= 11 is 1.62. The van der Waals surface area contributed by atoms with Gasteiger partial charge in [0.05, 0.1) is 10.9 Å². The van der Waals surface area contributed by atoms with Crippen molar-refractivity contribution < 1.29 is 13.2 Å². The Morgan fingerprint density at radius 2 is 1.73 bits per heavy atom. The highest BCUT2D eigenvalue weighted by Crippen LogP contribution is 2.29. The first-order valence-electron chi connectivity index (χ1n) is 11.4. The molecule has 0 aliphatic carbocycles. The molecule has 2 aromatic carbocycles. The SMILES string of the molecule is CCc1ccc(C(NC(=O)C2CCN(S(=O)(=O)c3ccc(C)cc3)CC2)c2cccs2)cc1. The van der Waals surface area contributed by atoms with Crippen molar-refractivity contribution in [2.75, 3.05) is 13.1 Å². The van der Waals surface area contributed by atoms with Crippen LogP contribution in [0.3, 0.4) is 0 Å². The van der Waals surface area contributed by atoms with Crippen molar-refractivity contribution in [2.45, 2.75) is 44.0 Å². The maximum absolute atomic E-state index is 13.2. The molecule has 7 heteroatoms. The molecule has 4 rings (SSSR count). The summed E-state index contributed by atoms with van der Waals surface area (Å²) in [5.41, 5.74) is 3.34. The van der Waals surface area contributed by atoms with Gasteiger partial charge in [0, 0.05) is 23.9 Å². The van der Waals surface area contributed by atoms with Gasteiger partial charge in [0.25, 0.3) is 0 Å². The minimum Gasteiger partial charge on any atom is -0.344 e. The van der Waals surface area contributed by atoms with Crippen LogP contribution >= 0.6 is 11.3 Å². The Kier molecular flexibility index (Phi) is 7.32. The number of aryl methyl sites for hydroxylation is 2. The number of sulfonamides is 1. The number of rotatable bonds is 7. The van der Waals surface area contributed by atoms with Crippen LogP contribution in [-0.4, -0.2) is 31.7 Å². The maximum atomic E-state index is 13.2. The Morgan fingerprint density at radius 3 is 2.30 bits per heavy atom. The summed E-state index contributed by atoms with van der Waals surface area (Å²) in [5.74, 6) is -0.216. The molecule has 1 unspecified atom stereocenters. The van der Waals surface area contributed by atoms with Gasteiger partial charge in [0.2, 0.25) is 15.9 Å². The van der Waals surface area contributed by atoms with Crippen LogP contribution in [0, 0.1) is 12.8 Å². The van der Waals surface area contributed by atoms with Crippen molar-refractivity contribution in [3.8, 4) is 0 Å². The number of benzene rings is 2. The molecular weight excluding hydrogens is 452 g/mol. The molecule has 1 saturated heterocycles. The number of hydrogen-bond acceptors (Lipinski definition) is 4. The van der Waals surface area contributed by atoms with E-state index >= 15 is 0 Å². The van der Waals surface area contributed by atoms with Crippen LogP contribution in [0.4, 0.5) is 0 Å². The van der Waals surface area contributed by atoms with E-state index < -0.39 is 10.0 Å². The van der Waals surface area contributed by atoms with Crippen molar-refractivity contribution >= 4 is 27.3 Å². The molecule has 1 N–H and O–H groups in total. The summed E-state index contributed by atoms with van der Waals surface area (Å²) in [6, 6.07) is 19.1. The van der Waals surface area contributed by atoms with E-state index in [0.29, 0.717) is 30.8 Å². The highest BCUT2D eigenvalue weighted by Gasteiger charge is 2.33. The quantitative estimate of drug-likeness (QED) is 0.520. The van der Waals surface area contributed by atoms with Crippen molar-refractivity contribution in [1.29, 1.82) is 0 Å². The second-order valence-corrected chi connectivity index (χ2v) is 11.5. The molecule has 2 heterocycles. The number of carbonyl (C=O) groups excluding carboxylic acids is 1. The standard InChI is InChI=1S/C26H30N2O3S2/c1-3-20-8-10-21(11-9-20)25(24-5-4-18-32-24)27-26(29)22-14-16-28(17-15-22)33(30,31)23-12-6-19(2)7-13-23/h4-13,18,22,25H,3,14-17H2,1-2H3,(H,27,29). The van der Waals surface area contributed by atoms with Crippen molar-refractivity contribution in [3.05, 3.63) is 87.6 Å². The second-order valence-electron chi connectivity index (χ2n) is 8.54. The van der Waals surface area contributed by atoms with Gasteiger partial charge in [0.15, 0.2) is 0 Å². The number of hydrogen-bond donors (Lipinski definition) is 1. The third-order valence-electron chi connectivity index (χ3n) is 6.32. The molecule has 1 aliphatic heterocycles. The van der Waals surface area contributed by atoms with Gasteiger partial charge in [-0.25, -0.2) is 8.42 Å². The fraction of sp³-hybridized carbons (Fsp3) is 0.346. The molecule has 1 amide bonds. The smallest absolute Gasteiger partial charge is 0.243 e. The Hall–Kier alpha value is -2.48. The molecule has 1 fully saturated rings. The van der Waals surface area contributed by atoms with E-state index in [-0.39, 0.29) is 17.9 Å². The first-order chi connectivity index (χ1) is 15.9. The normalized spacial score (nSPS) is 16.4. The van der Waals surface area contributed by atoms with Gasteiger partial charge in [-0.1, -0.05) is 55.0 Å². The predicted molar refractivity (Wildman–Crippen MR) is 133 cm³/mol. The molecule has 1 aliphatic rings. The lowest BCUT2D eigenvalue weighted by Crippen LogP contribution is -2.43. The molecule has 1 atom stereocenters. The van der Waals surface area contributed by atoms with Crippen LogP contribution in [0.2, 0.25) is 0 Å². The van der Waals surface area contributed by atoms with Crippen LogP contribution in [0.1, 0.15) is 47.4 Å². The molecule has 0 bridgehead atoms. The minimum absolute atomic E-state index is 0.0136. The van der Waals surface area contributed by atoms with Crippen LogP contribution in [0.25, 0.3) is 0 Å². The van der Waals surface area contributed by atoms with Gasteiger partial charge >= 0.3 is 0 Å². The van der Waals surface area contributed by atoms with Gasteiger partial charge < -0.3 is 5.32 Å². The zero-order valence-electron chi connectivity index (χ0n) is 19.0. The minimum atomic E-state index is -3.53. The summed E-state index contributed by atoms with van der Waals surface area (Å²) in [5, 5.41) is 5.26. The van der Waals surface area contributed by atoms with Crippen LogP contribution in [-0.2, 0) is 21.2 Å². The Balaban J connectivity index is 1.43. The lowest BCUT2D eigenvalue weighted by Gasteiger charge is -2.31. The lowest BCUT2D eigenvalue weighted by atomic mass is 9.95. The maximum Gasteiger partial charge on any atom is 0.243 e. The third-order valence-corrected chi connectivity index (χ3v) is 9.17. The first kappa shape index (κ1) is 23.7. The van der Waals surface area contributed by atoms with Crippen LogP contribution < -0.4 is 5.32 Å². The molecule has 33 heavy (non-hydrogen) atoms. The highest BCUT2D eigenvalue weighted by atomic mass is 32.2. The summed E-state index contributed by atoms with van der Waals surface area (Å²) in [6.45, 7) is 4.76. The summed E-state index contributed by atoms with van der Waals surface area (Å²) in [7, 11) is -3.53. The molecule has 3 aromatic rings. The number of piperidine rings is 1. The summed E-state index contributed by atoms with van der Waals surface area (Å²) < 4.78 is 27.4.